The second-order valence-electron chi connectivity index (χ2n) is 11.5. The Bertz CT molecular complexity index is 1190. The highest BCUT2D eigenvalue weighted by Gasteiger charge is 2.32. The Labute approximate surface area is 233 Å². The lowest BCUT2D eigenvalue weighted by Crippen LogP contribution is -2.42. The first kappa shape index (κ1) is 28.9. The first-order chi connectivity index (χ1) is 18.7. The minimum absolute atomic E-state index is 0.0438. The molecule has 2 aromatic rings. The van der Waals surface area contributed by atoms with Gasteiger partial charge in [0.2, 0.25) is 5.91 Å². The molecule has 0 unspecified atom stereocenters. The third-order valence-electron chi connectivity index (χ3n) is 8.37. The van der Waals surface area contributed by atoms with Crippen molar-refractivity contribution in [1.29, 1.82) is 0 Å². The molecule has 0 atom stereocenters. The van der Waals surface area contributed by atoms with Crippen LogP contribution in [0.4, 0.5) is 5.69 Å². The molecule has 1 N–H and O–H groups in total. The van der Waals surface area contributed by atoms with Gasteiger partial charge in [-0.25, -0.2) is 0 Å². The SMILES string of the molecule is C=C(/C=C\C(OC)=C(C)C)C1CCC(CN(C(=O)C2CCC(O)CC2)c2cccc(-c3cc(C)on3)c2)CC1. The molecule has 2 saturated carbocycles. The highest BCUT2D eigenvalue weighted by Crippen LogP contribution is 2.36. The summed E-state index contributed by atoms with van der Waals surface area (Å²) in [7, 11) is 1.70. The lowest BCUT2D eigenvalue weighted by atomic mass is 9.78. The van der Waals surface area contributed by atoms with E-state index in [2.05, 4.69) is 23.9 Å². The number of methoxy groups -OCH3 is 1. The molecule has 1 amide bonds. The average molecular weight is 533 g/mol. The van der Waals surface area contributed by atoms with E-state index < -0.39 is 0 Å². The molecule has 2 aliphatic rings. The number of aliphatic hydroxyl groups excluding tert-OH is 1. The van der Waals surface area contributed by atoms with Gasteiger partial charge < -0.3 is 19.3 Å². The molecular formula is C33H44N2O4. The number of carbonyl (C=O) groups excluding carboxylic acids is 1. The van der Waals surface area contributed by atoms with Gasteiger partial charge in [0.05, 0.1) is 13.2 Å². The number of hydrogen-bond donors (Lipinski definition) is 1. The predicted octanol–water partition coefficient (Wildman–Crippen LogP) is 7.39. The second kappa shape index (κ2) is 13.3. The van der Waals surface area contributed by atoms with Crippen LogP contribution >= 0.6 is 0 Å². The standard InChI is InChI=1S/C33H44N2O4/c1-22(2)32(38-5)18-9-23(3)26-12-10-25(11-13-26)21-35(33(37)27-14-16-30(36)17-15-27)29-8-6-7-28(20-29)31-19-24(4)39-34-31/h6-9,18-20,25-27,30,36H,3,10-17,21H2,1-2,4-5H3/b18-9-. The monoisotopic (exact) mass is 532 g/mol. The van der Waals surface area contributed by atoms with Crippen molar-refractivity contribution < 1.29 is 19.2 Å². The Morgan fingerprint density at radius 3 is 2.38 bits per heavy atom. The molecule has 1 aromatic heterocycles. The molecule has 0 bridgehead atoms. The van der Waals surface area contributed by atoms with Crippen LogP contribution in [0.3, 0.4) is 0 Å². The van der Waals surface area contributed by atoms with Crippen molar-refractivity contribution in [2.75, 3.05) is 18.6 Å². The van der Waals surface area contributed by atoms with Crippen molar-refractivity contribution in [2.24, 2.45) is 17.8 Å². The number of nitrogens with zero attached hydrogens (tertiary/aromatic N) is 2. The Kier molecular flexibility index (Phi) is 9.84. The Hall–Kier alpha value is -3.12. The Balaban J connectivity index is 1.47. The summed E-state index contributed by atoms with van der Waals surface area (Å²) in [6.07, 6.45) is 11.0. The van der Waals surface area contributed by atoms with Crippen LogP contribution in [0.25, 0.3) is 11.3 Å². The Morgan fingerprint density at radius 2 is 1.77 bits per heavy atom. The van der Waals surface area contributed by atoms with Crippen molar-refractivity contribution >= 4 is 11.6 Å². The highest BCUT2D eigenvalue weighted by molar-refractivity contribution is 5.95. The quantitative estimate of drug-likeness (QED) is 0.269. The minimum atomic E-state index is -0.282. The van der Waals surface area contributed by atoms with Crippen LogP contribution in [0.2, 0.25) is 0 Å². The average Bonchev–Trinajstić information content (AvgIpc) is 3.38. The van der Waals surface area contributed by atoms with Crippen LogP contribution in [0, 0.1) is 24.7 Å². The smallest absolute Gasteiger partial charge is 0.230 e. The van der Waals surface area contributed by atoms with Gasteiger partial charge in [0.25, 0.3) is 0 Å². The summed E-state index contributed by atoms with van der Waals surface area (Å²) >= 11 is 0. The third kappa shape index (κ3) is 7.51. The minimum Gasteiger partial charge on any atom is -0.497 e. The van der Waals surface area contributed by atoms with Gasteiger partial charge in [0.15, 0.2) is 0 Å². The predicted molar refractivity (Wildman–Crippen MR) is 156 cm³/mol. The number of ether oxygens (including phenoxy) is 1. The van der Waals surface area contributed by atoms with E-state index in [4.69, 9.17) is 9.26 Å². The van der Waals surface area contributed by atoms with E-state index in [-0.39, 0.29) is 17.9 Å². The van der Waals surface area contributed by atoms with Crippen molar-refractivity contribution in [3.8, 4) is 11.3 Å². The van der Waals surface area contributed by atoms with Gasteiger partial charge in [-0.1, -0.05) is 35.5 Å². The number of aromatic nitrogens is 1. The zero-order valence-corrected chi connectivity index (χ0v) is 24.0. The number of benzene rings is 1. The number of aryl methyl sites for hydroxylation is 1. The van der Waals surface area contributed by atoms with Gasteiger partial charge in [-0.3, -0.25) is 4.79 Å². The van der Waals surface area contributed by atoms with E-state index in [1.165, 1.54) is 0 Å². The maximum absolute atomic E-state index is 13.9. The van der Waals surface area contributed by atoms with Crippen LogP contribution in [-0.2, 0) is 9.53 Å². The summed E-state index contributed by atoms with van der Waals surface area (Å²) in [4.78, 5) is 15.9. The topological polar surface area (TPSA) is 75.8 Å². The molecule has 39 heavy (non-hydrogen) atoms. The van der Waals surface area contributed by atoms with Gasteiger partial charge in [0.1, 0.15) is 17.2 Å². The lowest BCUT2D eigenvalue weighted by molar-refractivity contribution is -0.124. The van der Waals surface area contributed by atoms with Gasteiger partial charge >= 0.3 is 0 Å². The molecule has 4 rings (SSSR count). The van der Waals surface area contributed by atoms with E-state index in [9.17, 15) is 9.90 Å². The molecule has 1 heterocycles. The van der Waals surface area contributed by atoms with Crippen LogP contribution in [0.5, 0.6) is 0 Å². The number of anilines is 1. The van der Waals surface area contributed by atoms with Gasteiger partial charge in [-0.2, -0.15) is 0 Å². The van der Waals surface area contributed by atoms with Crippen LogP contribution in [0.1, 0.15) is 71.0 Å². The van der Waals surface area contributed by atoms with E-state index in [1.54, 1.807) is 7.11 Å². The van der Waals surface area contributed by atoms with Crippen molar-refractivity contribution in [3.05, 3.63) is 71.7 Å². The van der Waals surface area contributed by atoms with Crippen molar-refractivity contribution in [2.45, 2.75) is 78.2 Å². The zero-order chi connectivity index (χ0) is 27.9. The largest absolute Gasteiger partial charge is 0.497 e. The number of hydrogen-bond acceptors (Lipinski definition) is 5. The number of rotatable bonds is 9. The van der Waals surface area contributed by atoms with Gasteiger partial charge in [-0.15, -0.1) is 0 Å². The summed E-state index contributed by atoms with van der Waals surface area (Å²) in [6.45, 7) is 11.0. The van der Waals surface area contributed by atoms with E-state index in [0.29, 0.717) is 31.2 Å². The number of amides is 1. The van der Waals surface area contributed by atoms with E-state index in [0.717, 1.165) is 78.1 Å². The maximum atomic E-state index is 13.9. The summed E-state index contributed by atoms with van der Waals surface area (Å²) in [5, 5.41) is 14.2. The molecule has 1 aromatic carbocycles. The normalized spacial score (nSPS) is 23.4. The van der Waals surface area contributed by atoms with Gasteiger partial charge in [-0.05, 0) is 108 Å². The van der Waals surface area contributed by atoms with E-state index >= 15 is 0 Å². The van der Waals surface area contributed by atoms with Gasteiger partial charge in [0, 0.05) is 29.8 Å². The number of aliphatic hydroxyl groups is 1. The summed E-state index contributed by atoms with van der Waals surface area (Å²) in [5.41, 5.74) is 4.92. The second-order valence-corrected chi connectivity index (χ2v) is 11.5. The molecular weight excluding hydrogens is 488 g/mol. The summed E-state index contributed by atoms with van der Waals surface area (Å²) in [5.74, 6) is 2.67. The molecule has 0 radical (unpaired) electrons. The lowest BCUT2D eigenvalue weighted by Gasteiger charge is -2.36. The zero-order valence-electron chi connectivity index (χ0n) is 24.0. The van der Waals surface area contributed by atoms with Crippen LogP contribution < -0.4 is 4.90 Å². The fraction of sp³-hybridized carbons (Fsp3) is 0.515. The summed E-state index contributed by atoms with van der Waals surface area (Å²) in [6, 6.07) is 10.0. The van der Waals surface area contributed by atoms with Crippen molar-refractivity contribution in [3.63, 3.8) is 0 Å². The highest BCUT2D eigenvalue weighted by atomic mass is 16.5. The summed E-state index contributed by atoms with van der Waals surface area (Å²) < 4.78 is 10.8. The van der Waals surface area contributed by atoms with Crippen LogP contribution in [-0.4, -0.2) is 35.9 Å². The molecule has 6 heteroatoms. The third-order valence-corrected chi connectivity index (χ3v) is 8.37. The molecule has 2 aliphatic carbocycles. The fourth-order valence-electron chi connectivity index (χ4n) is 5.93. The fourth-order valence-corrected chi connectivity index (χ4v) is 5.93. The van der Waals surface area contributed by atoms with Crippen molar-refractivity contribution in [1.82, 2.24) is 5.16 Å². The number of allylic oxidation sites excluding steroid dienone is 4. The molecule has 0 aliphatic heterocycles. The molecule has 2 fully saturated rings. The molecule has 0 saturated heterocycles. The van der Waals surface area contributed by atoms with E-state index in [1.807, 2.05) is 56.0 Å². The number of carbonyl (C=O) groups is 1. The van der Waals surface area contributed by atoms with Crippen LogP contribution in [0.15, 0.2) is 70.5 Å². The first-order valence-corrected chi connectivity index (χ1v) is 14.4. The molecule has 210 valence electrons. The molecule has 0 spiro atoms. The molecule has 6 nitrogen and oxygen atoms in total. The first-order valence-electron chi connectivity index (χ1n) is 14.4. The maximum Gasteiger partial charge on any atom is 0.230 e. The Morgan fingerprint density at radius 1 is 1.08 bits per heavy atom.